The number of aliphatic hydroxyl groups excluding tert-OH is 1. The first kappa shape index (κ1) is 21.0. The Morgan fingerprint density at radius 2 is 2.00 bits per heavy atom. The molecule has 3 atom stereocenters. The Kier molecular flexibility index (Phi) is 7.05. The second-order valence-corrected chi connectivity index (χ2v) is 6.22. The fourth-order valence-corrected chi connectivity index (χ4v) is 2.35. The molecule has 0 spiro atoms. The van der Waals surface area contributed by atoms with Gasteiger partial charge in [0.2, 0.25) is 0 Å². The van der Waals surface area contributed by atoms with Crippen molar-refractivity contribution in [3.05, 3.63) is 32.6 Å². The first-order chi connectivity index (χ1) is 11.4. The van der Waals surface area contributed by atoms with Gasteiger partial charge in [-0.2, -0.15) is 0 Å². The Balaban J connectivity index is 0.000000705. The molecule has 2 rings (SSSR count). The maximum Gasteiger partial charge on any atom is 0.503 e. The molecule has 13 nitrogen and oxygen atoms in total. The third-order valence-corrected chi connectivity index (χ3v) is 3.55. The van der Waals surface area contributed by atoms with E-state index in [1.54, 1.807) is 0 Å². The topological polar surface area (TPSA) is 209 Å². The van der Waals surface area contributed by atoms with E-state index in [0.717, 1.165) is 4.57 Å². The molecule has 1 aliphatic rings. The van der Waals surface area contributed by atoms with Crippen LogP contribution in [-0.4, -0.2) is 59.6 Å². The van der Waals surface area contributed by atoms with Crippen LogP contribution in [-0.2, 0) is 13.8 Å². The molecule has 0 radical (unpaired) electrons. The number of carbonyl (C=O) groups is 1. The highest BCUT2D eigenvalue weighted by Crippen LogP contribution is 2.38. The lowest BCUT2D eigenvalue weighted by atomic mass is 10.2. The summed E-state index contributed by atoms with van der Waals surface area (Å²) in [5.74, 6) is 0. The summed E-state index contributed by atoms with van der Waals surface area (Å²) in [6.07, 6.45) is -3.40. The fraction of sp³-hybridized carbons (Fsp3) is 0.545. The van der Waals surface area contributed by atoms with Crippen molar-refractivity contribution in [3.8, 4) is 0 Å². The van der Waals surface area contributed by atoms with E-state index in [-0.39, 0.29) is 6.42 Å². The summed E-state index contributed by atoms with van der Waals surface area (Å²) in [6.45, 7) is 0.994. The van der Waals surface area contributed by atoms with Crippen LogP contribution in [0.3, 0.4) is 0 Å². The van der Waals surface area contributed by atoms with Crippen molar-refractivity contribution in [3.63, 3.8) is 0 Å². The normalized spacial score (nSPS) is 23.0. The molecular formula is C11H17N2O11P. The third-order valence-electron chi connectivity index (χ3n) is 3.07. The number of nitrogens with zero attached hydrogens (tertiary/aromatic N) is 1. The van der Waals surface area contributed by atoms with Gasteiger partial charge in [-0.05, 0) is 6.92 Å². The van der Waals surface area contributed by atoms with Gasteiger partial charge >= 0.3 is 19.7 Å². The summed E-state index contributed by atoms with van der Waals surface area (Å²) >= 11 is 0. The number of phosphoric acid groups is 1. The van der Waals surface area contributed by atoms with Crippen LogP contribution < -0.4 is 11.2 Å². The molecular weight excluding hydrogens is 367 g/mol. The van der Waals surface area contributed by atoms with Crippen molar-refractivity contribution in [2.24, 2.45) is 0 Å². The van der Waals surface area contributed by atoms with Gasteiger partial charge in [-0.3, -0.25) is 18.9 Å². The molecule has 0 unspecified atom stereocenters. The van der Waals surface area contributed by atoms with Gasteiger partial charge in [0.25, 0.3) is 5.56 Å². The molecule has 0 saturated carbocycles. The zero-order valence-electron chi connectivity index (χ0n) is 12.8. The molecule has 1 saturated heterocycles. The number of aryl methyl sites for hydroxylation is 1. The summed E-state index contributed by atoms with van der Waals surface area (Å²) in [6, 6.07) is 0. The lowest BCUT2D eigenvalue weighted by Gasteiger charge is -2.16. The molecule has 6 N–H and O–H groups in total. The lowest BCUT2D eigenvalue weighted by molar-refractivity contribution is -0.0451. The number of aliphatic hydroxyl groups is 1. The maximum absolute atomic E-state index is 11.7. The van der Waals surface area contributed by atoms with Crippen LogP contribution in [0, 0.1) is 6.92 Å². The molecule has 0 amide bonds. The van der Waals surface area contributed by atoms with Gasteiger partial charge in [0.15, 0.2) is 0 Å². The first-order valence-corrected chi connectivity index (χ1v) is 8.21. The van der Waals surface area contributed by atoms with Gasteiger partial charge in [0.05, 0.1) is 12.7 Å². The molecule has 1 fully saturated rings. The zero-order chi connectivity index (χ0) is 19.4. The zero-order valence-corrected chi connectivity index (χ0v) is 13.7. The van der Waals surface area contributed by atoms with Crippen LogP contribution in [0.15, 0.2) is 15.8 Å². The van der Waals surface area contributed by atoms with E-state index in [1.807, 2.05) is 0 Å². The molecule has 14 heteroatoms. The van der Waals surface area contributed by atoms with Crippen molar-refractivity contribution in [2.75, 3.05) is 6.61 Å². The Labute approximate surface area is 139 Å². The van der Waals surface area contributed by atoms with Crippen LogP contribution in [0.2, 0.25) is 0 Å². The van der Waals surface area contributed by atoms with Crippen molar-refractivity contribution >= 4 is 14.0 Å². The predicted octanol–water partition coefficient (Wildman–Crippen LogP) is -1.17. The summed E-state index contributed by atoms with van der Waals surface area (Å²) in [5, 5.41) is 23.7. The molecule has 1 aromatic rings. The second-order valence-electron chi connectivity index (χ2n) is 4.98. The molecule has 2 heterocycles. The van der Waals surface area contributed by atoms with Gasteiger partial charge < -0.3 is 29.8 Å². The van der Waals surface area contributed by atoms with Gasteiger partial charge in [-0.15, -0.1) is 0 Å². The Bertz CT molecular complexity index is 762. The Morgan fingerprint density at radius 1 is 1.44 bits per heavy atom. The van der Waals surface area contributed by atoms with E-state index in [2.05, 4.69) is 9.51 Å². The number of hydrogen-bond acceptors (Lipinski definition) is 7. The molecule has 1 aromatic heterocycles. The molecule has 0 bridgehead atoms. The summed E-state index contributed by atoms with van der Waals surface area (Å²) < 4.78 is 21.4. The van der Waals surface area contributed by atoms with Crippen molar-refractivity contribution in [2.45, 2.75) is 31.8 Å². The Morgan fingerprint density at radius 3 is 2.52 bits per heavy atom. The number of aromatic nitrogens is 2. The average Bonchev–Trinajstić information content (AvgIpc) is 2.80. The van der Waals surface area contributed by atoms with Gasteiger partial charge in [0.1, 0.15) is 12.3 Å². The second kappa shape index (κ2) is 8.38. The molecule has 0 aliphatic carbocycles. The minimum Gasteiger partial charge on any atom is -0.450 e. The van der Waals surface area contributed by atoms with Crippen LogP contribution in [0.5, 0.6) is 0 Å². The van der Waals surface area contributed by atoms with Crippen LogP contribution in [0.4, 0.5) is 4.79 Å². The largest absolute Gasteiger partial charge is 0.503 e. The standard InChI is InChI=1S/C10H15N2O8P.CH2O3/c1-5-3-12(10(15)11-9(5)14)8-2-6(13)7(20-8)4-19-21(16,17)18;2-1(3)4/h3,6-8,13H,2,4H2,1H3,(H,11,14,15)(H2,16,17,18);(H2,2,3,4)/t6-,7+,8+;/m0./s1. The highest BCUT2D eigenvalue weighted by atomic mass is 31.2. The highest BCUT2D eigenvalue weighted by molar-refractivity contribution is 7.46. The molecule has 0 aromatic carbocycles. The monoisotopic (exact) mass is 384 g/mol. The van der Waals surface area contributed by atoms with Gasteiger partial charge in [-0.25, -0.2) is 14.2 Å². The minimum atomic E-state index is -4.67. The van der Waals surface area contributed by atoms with Crippen LogP contribution >= 0.6 is 7.82 Å². The predicted molar refractivity (Wildman–Crippen MR) is 79.2 cm³/mol. The van der Waals surface area contributed by atoms with Crippen LogP contribution in [0.25, 0.3) is 0 Å². The quantitative estimate of drug-likeness (QED) is 0.340. The minimum absolute atomic E-state index is 0.0283. The number of ether oxygens (including phenoxy) is 1. The van der Waals surface area contributed by atoms with Gasteiger partial charge in [-0.1, -0.05) is 0 Å². The molecule has 142 valence electrons. The number of aromatic amines is 1. The van der Waals surface area contributed by atoms with E-state index in [4.69, 9.17) is 29.5 Å². The average molecular weight is 384 g/mol. The first-order valence-electron chi connectivity index (χ1n) is 6.68. The van der Waals surface area contributed by atoms with Crippen molar-refractivity contribution in [1.82, 2.24) is 9.55 Å². The summed E-state index contributed by atoms with van der Waals surface area (Å²) in [7, 11) is -4.67. The fourth-order valence-electron chi connectivity index (χ4n) is 2.01. The van der Waals surface area contributed by atoms with E-state index in [9.17, 15) is 19.3 Å². The number of H-pyrrole nitrogens is 1. The molecule has 1 aliphatic heterocycles. The number of rotatable bonds is 4. The number of nitrogens with one attached hydrogen (secondary N) is 1. The summed E-state index contributed by atoms with van der Waals surface area (Å²) in [5.41, 5.74) is -0.918. The highest BCUT2D eigenvalue weighted by Gasteiger charge is 2.37. The van der Waals surface area contributed by atoms with E-state index in [0.29, 0.717) is 5.56 Å². The number of phosphoric ester groups is 1. The van der Waals surface area contributed by atoms with Crippen molar-refractivity contribution < 1.29 is 43.7 Å². The third kappa shape index (κ3) is 6.78. The van der Waals surface area contributed by atoms with E-state index < -0.39 is 50.3 Å². The van der Waals surface area contributed by atoms with Crippen LogP contribution in [0.1, 0.15) is 18.2 Å². The van der Waals surface area contributed by atoms with E-state index in [1.165, 1.54) is 13.1 Å². The Hall–Kier alpha value is -2.02. The maximum atomic E-state index is 11.7. The van der Waals surface area contributed by atoms with Crippen molar-refractivity contribution in [1.29, 1.82) is 0 Å². The van der Waals surface area contributed by atoms with E-state index >= 15 is 0 Å². The smallest absolute Gasteiger partial charge is 0.450 e. The number of hydrogen-bond donors (Lipinski definition) is 6. The summed E-state index contributed by atoms with van der Waals surface area (Å²) in [4.78, 5) is 50.9. The SMILES string of the molecule is Cc1cn([C@H]2C[C@H](O)[C@@H](COP(=O)(O)O)O2)c(=O)[nH]c1=O.O=C(O)O. The number of carboxylic acid groups (broad SMARTS) is 2. The molecule has 25 heavy (non-hydrogen) atoms. The lowest BCUT2D eigenvalue weighted by Crippen LogP contribution is -2.33. The van der Waals surface area contributed by atoms with Gasteiger partial charge in [0, 0.05) is 18.2 Å².